The van der Waals surface area contributed by atoms with Crippen molar-refractivity contribution >= 4 is 18.6 Å². The molecule has 0 saturated heterocycles. The highest BCUT2D eigenvalue weighted by molar-refractivity contribution is 7.80. The third kappa shape index (κ3) is 4.88. The second-order valence-corrected chi connectivity index (χ2v) is 6.93. The lowest BCUT2D eigenvalue weighted by Crippen LogP contribution is -2.25. The van der Waals surface area contributed by atoms with E-state index in [-0.39, 0.29) is 23.4 Å². The van der Waals surface area contributed by atoms with Crippen molar-refractivity contribution in [1.82, 2.24) is 10.1 Å². The molecule has 25 heavy (non-hydrogen) atoms. The Bertz CT molecular complexity index is 780. The fraction of sp³-hybridized carbons (Fsp3) is 0.353. The predicted molar refractivity (Wildman–Crippen MR) is 89.7 cm³/mol. The fourth-order valence-electron chi connectivity index (χ4n) is 1.86. The second-order valence-electron chi connectivity index (χ2n) is 6.42. The Morgan fingerprint density at radius 3 is 2.44 bits per heavy atom. The van der Waals surface area contributed by atoms with Gasteiger partial charge in [0.2, 0.25) is 11.7 Å². The number of halogens is 2. The molecule has 0 unspecified atom stereocenters. The van der Waals surface area contributed by atoms with E-state index in [4.69, 9.17) is 9.26 Å². The number of hydrogen-bond donors (Lipinski definition) is 1. The van der Waals surface area contributed by atoms with E-state index in [1.54, 1.807) is 20.8 Å². The first-order valence-electron chi connectivity index (χ1n) is 7.40. The lowest BCUT2D eigenvalue weighted by atomic mass is 10.1. The van der Waals surface area contributed by atoms with Gasteiger partial charge in [-0.25, -0.2) is 4.79 Å². The number of carbonyl (C=O) groups is 1. The SMILES string of the molecule is C=C(Cc1nc(C(F)(F)c2ccc(S)cc2)no1)C(=O)OC(C)(C)C. The van der Waals surface area contributed by atoms with E-state index in [1.807, 2.05) is 0 Å². The molecule has 0 radical (unpaired) electrons. The van der Waals surface area contributed by atoms with Crippen molar-refractivity contribution in [2.45, 2.75) is 43.6 Å². The van der Waals surface area contributed by atoms with E-state index in [0.29, 0.717) is 4.90 Å². The summed E-state index contributed by atoms with van der Waals surface area (Å²) in [6.07, 6.45) is -0.173. The number of thiol groups is 1. The van der Waals surface area contributed by atoms with Crippen LogP contribution in [0.3, 0.4) is 0 Å². The first-order chi connectivity index (χ1) is 11.5. The van der Waals surface area contributed by atoms with E-state index >= 15 is 0 Å². The summed E-state index contributed by atoms with van der Waals surface area (Å²) in [6, 6.07) is 5.35. The van der Waals surface area contributed by atoms with Crippen molar-refractivity contribution in [2.75, 3.05) is 0 Å². The highest BCUT2D eigenvalue weighted by Crippen LogP contribution is 2.34. The number of aromatic nitrogens is 2. The topological polar surface area (TPSA) is 65.2 Å². The lowest BCUT2D eigenvalue weighted by Gasteiger charge is -2.19. The molecule has 0 aliphatic heterocycles. The standard InChI is InChI=1S/C17H18F2N2O3S/c1-10(14(22)23-16(2,3)4)9-13-20-15(21-24-13)17(18,19)11-5-7-12(25)8-6-11/h5-8,25H,1,9H2,2-4H3. The van der Waals surface area contributed by atoms with Gasteiger partial charge in [0, 0.05) is 16.0 Å². The highest BCUT2D eigenvalue weighted by Gasteiger charge is 2.39. The third-order valence-electron chi connectivity index (χ3n) is 3.03. The van der Waals surface area contributed by atoms with Crippen molar-refractivity contribution in [3.05, 3.63) is 53.7 Å². The van der Waals surface area contributed by atoms with Crippen molar-refractivity contribution in [3.8, 4) is 0 Å². The number of benzene rings is 1. The Balaban J connectivity index is 2.12. The zero-order chi connectivity index (χ0) is 18.8. The molecule has 134 valence electrons. The minimum absolute atomic E-state index is 0.0351. The van der Waals surface area contributed by atoms with Gasteiger partial charge >= 0.3 is 11.9 Å². The Labute approximate surface area is 149 Å². The van der Waals surface area contributed by atoms with E-state index in [2.05, 4.69) is 29.3 Å². The average molecular weight is 368 g/mol. The van der Waals surface area contributed by atoms with E-state index in [0.717, 1.165) is 0 Å². The first-order valence-corrected chi connectivity index (χ1v) is 7.85. The maximum Gasteiger partial charge on any atom is 0.335 e. The maximum absolute atomic E-state index is 14.4. The molecule has 0 spiro atoms. The van der Waals surface area contributed by atoms with Crippen LogP contribution in [0.2, 0.25) is 0 Å². The molecule has 0 aliphatic rings. The molecule has 0 aliphatic carbocycles. The van der Waals surface area contributed by atoms with Gasteiger partial charge in [0.15, 0.2) is 0 Å². The predicted octanol–water partition coefficient (Wildman–Crippen LogP) is 3.94. The molecular weight excluding hydrogens is 350 g/mol. The molecule has 2 rings (SSSR count). The van der Waals surface area contributed by atoms with Gasteiger partial charge in [-0.1, -0.05) is 23.9 Å². The quantitative estimate of drug-likeness (QED) is 0.492. The summed E-state index contributed by atoms with van der Waals surface area (Å²) >= 11 is 4.06. The molecule has 1 heterocycles. The molecule has 2 aromatic rings. The molecule has 0 N–H and O–H groups in total. The van der Waals surface area contributed by atoms with Crippen LogP contribution in [0.15, 0.2) is 45.8 Å². The zero-order valence-electron chi connectivity index (χ0n) is 14.0. The van der Waals surface area contributed by atoms with Crippen LogP contribution in [0.5, 0.6) is 0 Å². The molecule has 0 saturated carbocycles. The first kappa shape index (κ1) is 19.1. The van der Waals surface area contributed by atoms with Crippen LogP contribution >= 0.6 is 12.6 Å². The largest absolute Gasteiger partial charge is 0.457 e. The molecule has 0 bridgehead atoms. The number of carbonyl (C=O) groups excluding carboxylic acids is 1. The van der Waals surface area contributed by atoms with Crippen LogP contribution in [0.25, 0.3) is 0 Å². The van der Waals surface area contributed by atoms with Gasteiger partial charge in [-0.05, 0) is 32.9 Å². The Kier molecular flexibility index (Phi) is 5.31. The monoisotopic (exact) mass is 368 g/mol. The van der Waals surface area contributed by atoms with Gasteiger partial charge in [-0.2, -0.15) is 13.8 Å². The zero-order valence-corrected chi connectivity index (χ0v) is 14.9. The number of esters is 1. The van der Waals surface area contributed by atoms with Crippen molar-refractivity contribution < 1.29 is 22.8 Å². The van der Waals surface area contributed by atoms with Crippen LogP contribution in [-0.2, 0) is 21.9 Å². The van der Waals surface area contributed by atoms with E-state index in [9.17, 15) is 13.6 Å². The molecule has 1 aromatic carbocycles. The van der Waals surface area contributed by atoms with Crippen molar-refractivity contribution in [2.24, 2.45) is 0 Å². The summed E-state index contributed by atoms with van der Waals surface area (Å²) in [6.45, 7) is 8.70. The van der Waals surface area contributed by atoms with Gasteiger partial charge in [0.05, 0.1) is 6.42 Å². The number of nitrogens with zero attached hydrogens (tertiary/aromatic N) is 2. The Morgan fingerprint density at radius 2 is 1.88 bits per heavy atom. The van der Waals surface area contributed by atoms with Crippen molar-refractivity contribution in [3.63, 3.8) is 0 Å². The second kappa shape index (κ2) is 6.95. The van der Waals surface area contributed by atoms with Gasteiger partial charge in [0.1, 0.15) is 5.60 Å². The number of ether oxygens (including phenoxy) is 1. The van der Waals surface area contributed by atoms with E-state index < -0.39 is 23.3 Å². The van der Waals surface area contributed by atoms with E-state index in [1.165, 1.54) is 24.3 Å². The summed E-state index contributed by atoms with van der Waals surface area (Å²) in [4.78, 5) is 16.1. The molecule has 8 heteroatoms. The summed E-state index contributed by atoms with van der Waals surface area (Å²) in [5.74, 6) is -5.01. The van der Waals surface area contributed by atoms with Gasteiger partial charge < -0.3 is 9.26 Å². The van der Waals surface area contributed by atoms with Crippen molar-refractivity contribution in [1.29, 1.82) is 0 Å². The molecule has 1 aromatic heterocycles. The summed E-state index contributed by atoms with van der Waals surface area (Å²) in [7, 11) is 0. The number of rotatable bonds is 5. The van der Waals surface area contributed by atoms with Crippen LogP contribution in [0, 0.1) is 0 Å². The van der Waals surface area contributed by atoms with Gasteiger partial charge in [-0.3, -0.25) is 0 Å². The smallest absolute Gasteiger partial charge is 0.335 e. The highest BCUT2D eigenvalue weighted by atomic mass is 32.1. The molecule has 5 nitrogen and oxygen atoms in total. The fourth-order valence-corrected chi connectivity index (χ4v) is 2.01. The molecule has 0 atom stereocenters. The van der Waals surface area contributed by atoms with Gasteiger partial charge in [-0.15, -0.1) is 12.6 Å². The molecular formula is C17H18F2N2O3S. The summed E-state index contributed by atoms with van der Waals surface area (Å²) in [5.41, 5.74) is -0.942. The minimum atomic E-state index is -3.43. The summed E-state index contributed by atoms with van der Waals surface area (Å²) < 4.78 is 38.8. The summed E-state index contributed by atoms with van der Waals surface area (Å²) in [5, 5.41) is 3.33. The van der Waals surface area contributed by atoms with Crippen LogP contribution in [-0.4, -0.2) is 21.7 Å². The van der Waals surface area contributed by atoms with Crippen LogP contribution in [0.4, 0.5) is 8.78 Å². The maximum atomic E-state index is 14.4. The number of hydrogen-bond acceptors (Lipinski definition) is 6. The average Bonchev–Trinajstić information content (AvgIpc) is 2.95. The number of alkyl halides is 2. The third-order valence-corrected chi connectivity index (χ3v) is 3.33. The minimum Gasteiger partial charge on any atom is -0.457 e. The Hall–Kier alpha value is -2.22. The Morgan fingerprint density at radius 1 is 1.28 bits per heavy atom. The van der Waals surface area contributed by atoms with Gasteiger partial charge in [0.25, 0.3) is 0 Å². The van der Waals surface area contributed by atoms with Crippen LogP contribution in [0.1, 0.15) is 38.0 Å². The molecule has 0 fully saturated rings. The normalized spacial score (nSPS) is 12.1. The molecule has 0 amide bonds. The van der Waals surface area contributed by atoms with Crippen LogP contribution < -0.4 is 0 Å². The lowest BCUT2D eigenvalue weighted by molar-refractivity contribution is -0.150.